The summed E-state index contributed by atoms with van der Waals surface area (Å²) in [5, 5.41) is 193. The normalized spacial score (nSPS) is 52.8. The van der Waals surface area contributed by atoms with Crippen molar-refractivity contribution in [1.82, 2.24) is 5.32 Å². The highest BCUT2D eigenvalue weighted by atomic mass is 16.8. The third-order valence-electron chi connectivity index (χ3n) is 13.0. The van der Waals surface area contributed by atoms with Crippen LogP contribution in [0.15, 0.2) is 11.6 Å². The van der Waals surface area contributed by atoms with Gasteiger partial charge in [0.05, 0.1) is 57.3 Å². The van der Waals surface area contributed by atoms with Gasteiger partial charge in [-0.1, -0.05) is 6.08 Å². The third kappa shape index (κ3) is 10.8. The van der Waals surface area contributed by atoms with Crippen LogP contribution in [-0.2, 0) is 42.6 Å². The molecule has 28 nitrogen and oxygen atoms in total. The van der Waals surface area contributed by atoms with Gasteiger partial charge in [-0.3, -0.25) is 0 Å². The molecule has 29 unspecified atom stereocenters. The van der Waals surface area contributed by atoms with E-state index in [-0.39, 0.29) is 5.57 Å². The first kappa shape index (κ1) is 54.0. The van der Waals surface area contributed by atoms with Gasteiger partial charge in [0.15, 0.2) is 25.2 Å². The van der Waals surface area contributed by atoms with Crippen molar-refractivity contribution >= 4 is 0 Å². The largest absolute Gasteiger partial charge is 0.394 e. The van der Waals surface area contributed by atoms with Crippen molar-refractivity contribution in [2.45, 2.75) is 191 Å². The van der Waals surface area contributed by atoms with Crippen molar-refractivity contribution in [1.29, 1.82) is 0 Å². The van der Waals surface area contributed by atoms with Crippen LogP contribution in [0.5, 0.6) is 0 Å². The molecule has 0 amide bonds. The van der Waals surface area contributed by atoms with Gasteiger partial charge in [0.25, 0.3) is 0 Å². The molecule has 0 spiro atoms. The summed E-state index contributed by atoms with van der Waals surface area (Å²) in [6.45, 7) is -1.31. The minimum atomic E-state index is -2.11. The summed E-state index contributed by atoms with van der Waals surface area (Å²) < 4.78 is 50.9. The molecule has 0 aromatic carbocycles. The third-order valence-corrected chi connectivity index (χ3v) is 13.0. The van der Waals surface area contributed by atoms with Gasteiger partial charge in [0, 0.05) is 0 Å². The highest BCUT2D eigenvalue weighted by Gasteiger charge is 2.56. The van der Waals surface area contributed by atoms with Crippen LogP contribution in [-0.4, -0.2) is 303 Å². The van der Waals surface area contributed by atoms with Crippen molar-refractivity contribution in [3.05, 3.63) is 11.6 Å². The van der Waals surface area contributed by atoms with Gasteiger partial charge in [0.2, 0.25) is 0 Å². The van der Waals surface area contributed by atoms with E-state index in [0.29, 0.717) is 0 Å². The number of hydrogen-bond acceptors (Lipinski definition) is 28. The Balaban J connectivity index is 1.06. The topological polar surface area (TPSA) is 459 Å². The monoisotopic (exact) mass is 967 g/mol. The van der Waals surface area contributed by atoms with Crippen molar-refractivity contribution in [2.24, 2.45) is 0 Å². The van der Waals surface area contributed by atoms with Crippen LogP contribution < -0.4 is 5.32 Å². The number of rotatable bonds is 15. The Kier molecular flexibility index (Phi) is 18.6. The van der Waals surface area contributed by atoms with E-state index in [4.69, 9.17) is 42.6 Å². The Morgan fingerprint density at radius 2 is 0.758 bits per heavy atom. The van der Waals surface area contributed by atoms with Crippen molar-refractivity contribution in [3.63, 3.8) is 0 Å². The first-order chi connectivity index (χ1) is 31.2. The molecule has 0 bridgehead atoms. The van der Waals surface area contributed by atoms with E-state index in [1.807, 2.05) is 0 Å². The molecule has 1 aliphatic carbocycles. The maximum atomic E-state index is 11.2. The van der Waals surface area contributed by atoms with Gasteiger partial charge in [0.1, 0.15) is 128 Å². The molecular formula is C38H65NO27. The fraction of sp³-hybridized carbons (Fsp3) is 0.947. The van der Waals surface area contributed by atoms with Gasteiger partial charge in [-0.05, 0) is 19.4 Å². The van der Waals surface area contributed by atoms with Gasteiger partial charge in [-0.15, -0.1) is 0 Å². The molecule has 6 rings (SSSR count). The van der Waals surface area contributed by atoms with Crippen LogP contribution in [0.3, 0.4) is 0 Å². The molecule has 384 valence electrons. The highest BCUT2D eigenvalue weighted by molar-refractivity contribution is 5.22. The molecule has 6 aliphatic rings. The Hall–Kier alpha value is -1.38. The molecule has 5 saturated heterocycles. The van der Waals surface area contributed by atoms with Crippen molar-refractivity contribution < 1.29 is 135 Å². The van der Waals surface area contributed by atoms with Crippen molar-refractivity contribution in [3.8, 4) is 0 Å². The molecule has 5 heterocycles. The van der Waals surface area contributed by atoms with E-state index in [1.165, 1.54) is 19.9 Å². The number of aliphatic hydroxyl groups is 18. The Labute approximate surface area is 375 Å². The second-order valence-corrected chi connectivity index (χ2v) is 17.3. The van der Waals surface area contributed by atoms with Crippen LogP contribution in [0, 0.1) is 0 Å². The van der Waals surface area contributed by atoms with Gasteiger partial charge < -0.3 is 140 Å². The molecule has 28 heteroatoms. The first-order valence-electron chi connectivity index (χ1n) is 21.5. The van der Waals surface area contributed by atoms with E-state index in [0.717, 1.165) is 0 Å². The number of ether oxygens (including phenoxy) is 9. The van der Waals surface area contributed by atoms with Crippen LogP contribution in [0.4, 0.5) is 0 Å². The Morgan fingerprint density at radius 3 is 1.14 bits per heavy atom. The lowest BCUT2D eigenvalue weighted by atomic mass is 9.86. The maximum absolute atomic E-state index is 11.2. The average molecular weight is 968 g/mol. The molecule has 0 radical (unpaired) electrons. The molecule has 0 aromatic rings. The molecule has 29 atom stereocenters. The summed E-state index contributed by atoms with van der Waals surface area (Å²) in [5.74, 6) is 0. The molecule has 5 aliphatic heterocycles. The molecule has 66 heavy (non-hydrogen) atoms. The summed E-state index contributed by atoms with van der Waals surface area (Å²) in [5.41, 5.74) is -0.0162. The summed E-state index contributed by atoms with van der Waals surface area (Å²) in [6.07, 6.45) is -44.9. The minimum absolute atomic E-state index is 0.0162. The lowest BCUT2D eigenvalue weighted by Gasteiger charge is -2.49. The predicted octanol–water partition coefficient (Wildman–Crippen LogP) is -11.8. The molecule has 0 aromatic heterocycles. The zero-order chi connectivity index (χ0) is 48.6. The SMILES string of the molecule is CC1OC(CO)C(OC2OC(CO)C(OC3OC(CO)C(OC4OC(CO)C(OC5OC(C)C(NC6C=C(CO)C(O)C(O)C6O)C(O)C5O)C(O)C4O)C(O)C3O)C(O)C2O)C(O)C1O. The average Bonchev–Trinajstić information content (AvgIpc) is 3.30. The number of nitrogens with one attached hydrogen (secondary N) is 1. The first-order valence-corrected chi connectivity index (χ1v) is 21.5. The molecule has 0 saturated carbocycles. The second kappa shape index (κ2) is 22.8. The molecular weight excluding hydrogens is 902 g/mol. The van der Waals surface area contributed by atoms with Crippen LogP contribution in [0.1, 0.15) is 13.8 Å². The fourth-order valence-corrected chi connectivity index (χ4v) is 9.00. The number of hydrogen-bond donors (Lipinski definition) is 19. The maximum Gasteiger partial charge on any atom is 0.187 e. The lowest BCUT2D eigenvalue weighted by Crippen LogP contribution is -2.69. The van der Waals surface area contributed by atoms with E-state index in [2.05, 4.69) is 5.32 Å². The zero-order valence-corrected chi connectivity index (χ0v) is 35.6. The summed E-state index contributed by atoms with van der Waals surface area (Å²) in [7, 11) is 0. The fourth-order valence-electron chi connectivity index (χ4n) is 9.00. The van der Waals surface area contributed by atoms with Gasteiger partial charge >= 0.3 is 0 Å². The second-order valence-electron chi connectivity index (χ2n) is 17.3. The van der Waals surface area contributed by atoms with Crippen LogP contribution in [0.2, 0.25) is 0 Å². The van der Waals surface area contributed by atoms with E-state index < -0.39 is 211 Å². The lowest BCUT2D eigenvalue weighted by molar-refractivity contribution is -0.390. The van der Waals surface area contributed by atoms with E-state index >= 15 is 0 Å². The smallest absolute Gasteiger partial charge is 0.187 e. The van der Waals surface area contributed by atoms with Crippen molar-refractivity contribution in [2.75, 3.05) is 33.0 Å². The molecule has 19 N–H and O–H groups in total. The zero-order valence-electron chi connectivity index (χ0n) is 35.6. The Bertz CT molecular complexity index is 1550. The quantitative estimate of drug-likeness (QED) is 0.0678. The Morgan fingerprint density at radius 1 is 0.409 bits per heavy atom. The standard InChI is InChI=1S/C38H65NO27/c1-9-17(39-12-3-11(4-40)19(46)22(49)20(12)47)21(48)27(54)35(59-9)63-32-14(6-42)60-37(28(55)24(32)51)65-34-16(8-44)62-38(30(57)26(34)53)66-33-15(7-43)61-36(29(56)25(33)52)64-31-13(5-41)58-10(2)18(45)23(31)50/h3,9-10,12-57H,4-8H2,1-2H3. The van der Waals surface area contributed by atoms with Crippen LogP contribution >= 0.6 is 0 Å². The van der Waals surface area contributed by atoms with E-state index in [1.54, 1.807) is 0 Å². The van der Waals surface area contributed by atoms with Gasteiger partial charge in [-0.2, -0.15) is 0 Å². The summed E-state index contributed by atoms with van der Waals surface area (Å²) in [4.78, 5) is 0. The summed E-state index contributed by atoms with van der Waals surface area (Å²) >= 11 is 0. The highest BCUT2D eigenvalue weighted by Crippen LogP contribution is 2.36. The van der Waals surface area contributed by atoms with Crippen LogP contribution in [0.25, 0.3) is 0 Å². The minimum Gasteiger partial charge on any atom is -0.394 e. The van der Waals surface area contributed by atoms with E-state index in [9.17, 15) is 91.9 Å². The summed E-state index contributed by atoms with van der Waals surface area (Å²) in [6, 6.07) is -2.30. The predicted molar refractivity (Wildman–Crippen MR) is 206 cm³/mol. The number of aliphatic hydroxyl groups excluding tert-OH is 18. The molecule has 5 fully saturated rings. The van der Waals surface area contributed by atoms with Gasteiger partial charge in [-0.25, -0.2) is 0 Å².